The minimum atomic E-state index is -0.706. The smallest absolute Gasteiger partial charge is 0.241 e. The highest BCUT2D eigenvalue weighted by Crippen LogP contribution is 2.21. The van der Waals surface area contributed by atoms with Gasteiger partial charge in [0.15, 0.2) is 0 Å². The number of aromatic nitrogens is 2. The van der Waals surface area contributed by atoms with Gasteiger partial charge in [0.2, 0.25) is 11.7 Å². The molecule has 0 radical (unpaired) electrons. The van der Waals surface area contributed by atoms with Gasteiger partial charge in [0, 0.05) is 23.1 Å². The van der Waals surface area contributed by atoms with Gasteiger partial charge in [-0.25, -0.2) is 0 Å². The van der Waals surface area contributed by atoms with Crippen LogP contribution in [0.3, 0.4) is 0 Å². The first-order valence-corrected chi connectivity index (χ1v) is 7.08. The summed E-state index contributed by atoms with van der Waals surface area (Å²) in [7, 11) is 0. The SMILES string of the molecule is O[C@@H]1CN(Cc2nc(-c3cccc(Br)c3)no2)C[C@@H]1O. The highest BCUT2D eigenvalue weighted by atomic mass is 79.9. The lowest BCUT2D eigenvalue weighted by molar-refractivity contribution is 0.0572. The van der Waals surface area contributed by atoms with Gasteiger partial charge in [-0.3, -0.25) is 4.90 Å². The lowest BCUT2D eigenvalue weighted by Crippen LogP contribution is -2.22. The largest absolute Gasteiger partial charge is 0.389 e. The summed E-state index contributed by atoms with van der Waals surface area (Å²) < 4.78 is 6.16. The third kappa shape index (κ3) is 2.90. The van der Waals surface area contributed by atoms with Gasteiger partial charge >= 0.3 is 0 Å². The third-order valence-electron chi connectivity index (χ3n) is 3.24. The minimum Gasteiger partial charge on any atom is -0.389 e. The fourth-order valence-corrected chi connectivity index (χ4v) is 2.63. The van der Waals surface area contributed by atoms with Gasteiger partial charge in [-0.2, -0.15) is 4.98 Å². The van der Waals surface area contributed by atoms with Crippen molar-refractivity contribution in [1.29, 1.82) is 0 Å². The van der Waals surface area contributed by atoms with Crippen LogP contribution in [0.1, 0.15) is 5.89 Å². The zero-order chi connectivity index (χ0) is 14.1. The molecule has 6 nitrogen and oxygen atoms in total. The molecule has 0 saturated carbocycles. The van der Waals surface area contributed by atoms with Crippen molar-refractivity contribution < 1.29 is 14.7 Å². The molecule has 2 aromatic rings. The quantitative estimate of drug-likeness (QED) is 0.869. The molecule has 0 spiro atoms. The van der Waals surface area contributed by atoms with Crippen molar-refractivity contribution >= 4 is 15.9 Å². The fourth-order valence-electron chi connectivity index (χ4n) is 2.23. The van der Waals surface area contributed by atoms with E-state index in [-0.39, 0.29) is 0 Å². The van der Waals surface area contributed by atoms with E-state index >= 15 is 0 Å². The number of likely N-dealkylation sites (tertiary alicyclic amines) is 1. The molecule has 2 atom stereocenters. The molecule has 1 fully saturated rings. The summed E-state index contributed by atoms with van der Waals surface area (Å²) in [6.45, 7) is 1.25. The topological polar surface area (TPSA) is 82.6 Å². The van der Waals surface area contributed by atoms with Crippen molar-refractivity contribution in [2.75, 3.05) is 13.1 Å². The van der Waals surface area contributed by atoms with Crippen molar-refractivity contribution in [2.24, 2.45) is 0 Å². The van der Waals surface area contributed by atoms with Crippen LogP contribution >= 0.6 is 15.9 Å². The molecule has 106 valence electrons. The summed E-state index contributed by atoms with van der Waals surface area (Å²) in [4.78, 5) is 6.21. The molecule has 0 bridgehead atoms. The van der Waals surface area contributed by atoms with Gasteiger partial charge in [-0.15, -0.1) is 0 Å². The molecule has 2 heterocycles. The summed E-state index contributed by atoms with van der Waals surface area (Å²) in [5.74, 6) is 1.00. The van der Waals surface area contributed by atoms with Crippen LogP contribution in [-0.2, 0) is 6.54 Å². The molecule has 1 aliphatic heterocycles. The second-order valence-electron chi connectivity index (χ2n) is 4.85. The molecule has 1 aromatic heterocycles. The van der Waals surface area contributed by atoms with E-state index < -0.39 is 12.2 Å². The molecule has 7 heteroatoms. The Kier molecular flexibility index (Phi) is 3.84. The molecule has 0 unspecified atom stereocenters. The van der Waals surface area contributed by atoms with Crippen molar-refractivity contribution in [3.05, 3.63) is 34.6 Å². The summed E-state index contributed by atoms with van der Waals surface area (Å²) in [5, 5.41) is 22.9. The first kappa shape index (κ1) is 13.7. The van der Waals surface area contributed by atoms with Gasteiger partial charge in [0.05, 0.1) is 18.8 Å². The molecular formula is C13H14BrN3O3. The number of hydrogen-bond acceptors (Lipinski definition) is 6. The summed E-state index contributed by atoms with van der Waals surface area (Å²) in [5.41, 5.74) is 0.871. The Labute approximate surface area is 124 Å². The van der Waals surface area contributed by atoms with E-state index in [0.717, 1.165) is 10.0 Å². The van der Waals surface area contributed by atoms with E-state index in [1.165, 1.54) is 0 Å². The monoisotopic (exact) mass is 339 g/mol. The Morgan fingerprint density at radius 3 is 2.75 bits per heavy atom. The van der Waals surface area contributed by atoms with E-state index in [2.05, 4.69) is 26.1 Å². The van der Waals surface area contributed by atoms with Gasteiger partial charge in [0.1, 0.15) is 0 Å². The molecule has 0 amide bonds. The first-order valence-electron chi connectivity index (χ1n) is 6.29. The van der Waals surface area contributed by atoms with E-state index in [0.29, 0.717) is 31.3 Å². The van der Waals surface area contributed by atoms with Crippen LogP contribution in [0.5, 0.6) is 0 Å². The maximum atomic E-state index is 9.50. The van der Waals surface area contributed by atoms with Crippen LogP contribution in [0.25, 0.3) is 11.4 Å². The Morgan fingerprint density at radius 2 is 2.05 bits per heavy atom. The lowest BCUT2D eigenvalue weighted by Gasteiger charge is -2.10. The second-order valence-corrected chi connectivity index (χ2v) is 5.77. The number of rotatable bonds is 3. The van der Waals surface area contributed by atoms with Crippen LogP contribution in [0.4, 0.5) is 0 Å². The van der Waals surface area contributed by atoms with Gasteiger partial charge < -0.3 is 14.7 Å². The first-order chi connectivity index (χ1) is 9.61. The summed E-state index contributed by atoms with van der Waals surface area (Å²) in [6.07, 6.45) is -1.41. The normalized spacial score (nSPS) is 23.4. The average molecular weight is 340 g/mol. The van der Waals surface area contributed by atoms with Gasteiger partial charge in [-0.1, -0.05) is 33.2 Å². The zero-order valence-electron chi connectivity index (χ0n) is 10.6. The number of aliphatic hydroxyl groups is 2. The van der Waals surface area contributed by atoms with Crippen LogP contribution in [-0.4, -0.2) is 50.6 Å². The van der Waals surface area contributed by atoms with E-state index in [9.17, 15) is 10.2 Å². The van der Waals surface area contributed by atoms with E-state index in [1.807, 2.05) is 29.2 Å². The number of hydrogen-bond donors (Lipinski definition) is 2. The van der Waals surface area contributed by atoms with E-state index in [4.69, 9.17) is 4.52 Å². The minimum absolute atomic E-state index is 0.412. The summed E-state index contributed by atoms with van der Waals surface area (Å²) in [6, 6.07) is 7.65. The molecule has 1 saturated heterocycles. The highest BCUT2D eigenvalue weighted by Gasteiger charge is 2.30. The van der Waals surface area contributed by atoms with E-state index in [1.54, 1.807) is 0 Å². The summed E-state index contributed by atoms with van der Waals surface area (Å²) >= 11 is 3.40. The fraction of sp³-hybridized carbons (Fsp3) is 0.385. The van der Waals surface area contributed by atoms with Crippen LogP contribution in [0.15, 0.2) is 33.3 Å². The van der Waals surface area contributed by atoms with Crippen molar-refractivity contribution in [2.45, 2.75) is 18.8 Å². The molecule has 20 heavy (non-hydrogen) atoms. The predicted octanol–water partition coefficient (Wildman–Crippen LogP) is 1.04. The number of nitrogens with zero attached hydrogens (tertiary/aromatic N) is 3. The standard InChI is InChI=1S/C13H14BrN3O3/c14-9-3-1-2-8(4-9)13-15-12(20-16-13)7-17-5-10(18)11(19)6-17/h1-4,10-11,18-19H,5-7H2/t10-,11+. The van der Waals surface area contributed by atoms with Crippen molar-refractivity contribution in [1.82, 2.24) is 15.0 Å². The second kappa shape index (κ2) is 5.61. The Morgan fingerprint density at radius 1 is 1.30 bits per heavy atom. The molecule has 0 aliphatic carbocycles. The molecule has 2 N–H and O–H groups in total. The van der Waals surface area contributed by atoms with Crippen LogP contribution < -0.4 is 0 Å². The number of halogens is 1. The van der Waals surface area contributed by atoms with Crippen LogP contribution in [0.2, 0.25) is 0 Å². The number of β-amino-alcohol motifs (C(OH)–C–C–N with tert-alkyl or cyclic N) is 2. The van der Waals surface area contributed by atoms with Gasteiger partial charge in [-0.05, 0) is 12.1 Å². The number of benzene rings is 1. The number of aliphatic hydroxyl groups excluding tert-OH is 2. The maximum absolute atomic E-state index is 9.50. The Bertz CT molecular complexity index is 594. The van der Waals surface area contributed by atoms with Crippen LogP contribution in [0, 0.1) is 0 Å². The average Bonchev–Trinajstić information content (AvgIpc) is 2.98. The molecule has 1 aliphatic rings. The Balaban J connectivity index is 1.71. The zero-order valence-corrected chi connectivity index (χ0v) is 12.2. The molecule has 1 aromatic carbocycles. The predicted molar refractivity (Wildman–Crippen MR) is 74.7 cm³/mol. The molecular weight excluding hydrogens is 326 g/mol. The molecule has 3 rings (SSSR count). The highest BCUT2D eigenvalue weighted by molar-refractivity contribution is 9.10. The van der Waals surface area contributed by atoms with Crippen molar-refractivity contribution in [3.8, 4) is 11.4 Å². The van der Waals surface area contributed by atoms with Gasteiger partial charge in [0.25, 0.3) is 0 Å². The third-order valence-corrected chi connectivity index (χ3v) is 3.74. The lowest BCUT2D eigenvalue weighted by atomic mass is 10.2. The Hall–Kier alpha value is -1.28. The maximum Gasteiger partial charge on any atom is 0.241 e. The van der Waals surface area contributed by atoms with Crippen molar-refractivity contribution in [3.63, 3.8) is 0 Å².